The number of nitrogens with zero attached hydrogens (tertiary/aromatic N) is 1. The van der Waals surface area contributed by atoms with E-state index in [4.69, 9.17) is 4.74 Å². The highest BCUT2D eigenvalue weighted by Gasteiger charge is 2.32. The van der Waals surface area contributed by atoms with Crippen molar-refractivity contribution < 1.29 is 9.84 Å². The standard InChI is InChI=1S/C12H25NO2/c1-3-4-7-13(2)10-12(11-14)5-8-15-9-6-12/h14H,3-11H2,1-2H3. The van der Waals surface area contributed by atoms with Crippen LogP contribution in [0.4, 0.5) is 0 Å². The van der Waals surface area contributed by atoms with Crippen LogP contribution in [-0.2, 0) is 4.74 Å². The van der Waals surface area contributed by atoms with Crippen LogP contribution in [0.1, 0.15) is 32.6 Å². The van der Waals surface area contributed by atoms with Gasteiger partial charge in [0, 0.05) is 25.2 Å². The SMILES string of the molecule is CCCCN(C)CC1(CO)CCOCC1. The molecule has 1 heterocycles. The van der Waals surface area contributed by atoms with Crippen molar-refractivity contribution in [2.24, 2.45) is 5.41 Å². The first kappa shape index (κ1) is 12.9. The molecule has 0 bridgehead atoms. The van der Waals surface area contributed by atoms with Gasteiger partial charge in [0.15, 0.2) is 0 Å². The summed E-state index contributed by atoms with van der Waals surface area (Å²) in [6.45, 7) is 6.27. The Balaban J connectivity index is 2.37. The van der Waals surface area contributed by atoms with Gasteiger partial charge in [0.25, 0.3) is 0 Å². The first-order valence-electron chi connectivity index (χ1n) is 6.09. The van der Waals surface area contributed by atoms with Crippen molar-refractivity contribution in [3.8, 4) is 0 Å². The Morgan fingerprint density at radius 3 is 2.53 bits per heavy atom. The van der Waals surface area contributed by atoms with E-state index in [1.165, 1.54) is 12.8 Å². The van der Waals surface area contributed by atoms with E-state index in [9.17, 15) is 5.11 Å². The molecular formula is C12H25NO2. The lowest BCUT2D eigenvalue weighted by Crippen LogP contribution is -2.42. The maximum absolute atomic E-state index is 9.53. The van der Waals surface area contributed by atoms with Crippen LogP contribution in [0.25, 0.3) is 0 Å². The first-order chi connectivity index (χ1) is 7.22. The molecule has 1 N–H and O–H groups in total. The van der Waals surface area contributed by atoms with Gasteiger partial charge in [-0.05, 0) is 32.9 Å². The van der Waals surface area contributed by atoms with Crippen molar-refractivity contribution in [1.29, 1.82) is 0 Å². The molecule has 0 aliphatic carbocycles. The van der Waals surface area contributed by atoms with Gasteiger partial charge in [0.2, 0.25) is 0 Å². The molecule has 0 saturated carbocycles. The Kier molecular flexibility index (Phi) is 5.58. The van der Waals surface area contributed by atoms with Crippen molar-refractivity contribution >= 4 is 0 Å². The number of aliphatic hydroxyl groups excluding tert-OH is 1. The van der Waals surface area contributed by atoms with E-state index in [0.717, 1.165) is 39.1 Å². The second kappa shape index (κ2) is 6.46. The number of rotatable bonds is 6. The molecule has 0 amide bonds. The zero-order valence-electron chi connectivity index (χ0n) is 10.2. The summed E-state index contributed by atoms with van der Waals surface area (Å²) in [5, 5.41) is 9.53. The zero-order valence-corrected chi connectivity index (χ0v) is 10.2. The molecule has 1 fully saturated rings. The Labute approximate surface area is 93.4 Å². The minimum Gasteiger partial charge on any atom is -0.396 e. The first-order valence-corrected chi connectivity index (χ1v) is 6.09. The van der Waals surface area contributed by atoms with E-state index in [0.29, 0.717) is 6.61 Å². The molecule has 3 nitrogen and oxygen atoms in total. The van der Waals surface area contributed by atoms with E-state index in [1.54, 1.807) is 0 Å². The molecule has 3 heteroatoms. The average Bonchev–Trinajstić information content (AvgIpc) is 2.27. The maximum Gasteiger partial charge on any atom is 0.0501 e. The molecule has 0 spiro atoms. The van der Waals surface area contributed by atoms with Gasteiger partial charge in [0.1, 0.15) is 0 Å². The van der Waals surface area contributed by atoms with Crippen LogP contribution >= 0.6 is 0 Å². The smallest absolute Gasteiger partial charge is 0.0501 e. The van der Waals surface area contributed by atoms with Crippen molar-refractivity contribution in [3.05, 3.63) is 0 Å². The van der Waals surface area contributed by atoms with Crippen LogP contribution in [0.2, 0.25) is 0 Å². The molecule has 1 aliphatic rings. The van der Waals surface area contributed by atoms with E-state index in [-0.39, 0.29) is 5.41 Å². The van der Waals surface area contributed by atoms with Crippen molar-refractivity contribution in [2.45, 2.75) is 32.6 Å². The quantitative estimate of drug-likeness (QED) is 0.729. The highest BCUT2D eigenvalue weighted by atomic mass is 16.5. The van der Waals surface area contributed by atoms with Crippen molar-refractivity contribution in [3.63, 3.8) is 0 Å². The molecule has 0 aromatic heterocycles. The monoisotopic (exact) mass is 215 g/mol. The van der Waals surface area contributed by atoms with Gasteiger partial charge in [-0.2, -0.15) is 0 Å². The van der Waals surface area contributed by atoms with Gasteiger partial charge in [-0.15, -0.1) is 0 Å². The molecule has 0 radical (unpaired) electrons. The molecule has 1 rings (SSSR count). The lowest BCUT2D eigenvalue weighted by molar-refractivity contribution is -0.0309. The van der Waals surface area contributed by atoms with Gasteiger partial charge >= 0.3 is 0 Å². The second-order valence-electron chi connectivity index (χ2n) is 4.86. The molecule has 1 aliphatic heterocycles. The summed E-state index contributed by atoms with van der Waals surface area (Å²) in [6.07, 6.45) is 4.48. The average molecular weight is 215 g/mol. The summed E-state index contributed by atoms with van der Waals surface area (Å²) in [4.78, 5) is 2.35. The summed E-state index contributed by atoms with van der Waals surface area (Å²) < 4.78 is 5.36. The van der Waals surface area contributed by atoms with Crippen LogP contribution in [0.5, 0.6) is 0 Å². The summed E-state index contributed by atoms with van der Waals surface area (Å²) in [5.74, 6) is 0. The van der Waals surface area contributed by atoms with Crippen molar-refractivity contribution in [2.75, 3.05) is 40.0 Å². The predicted molar refractivity (Wildman–Crippen MR) is 62.0 cm³/mol. The molecule has 15 heavy (non-hydrogen) atoms. The molecule has 0 atom stereocenters. The lowest BCUT2D eigenvalue weighted by atomic mass is 9.80. The summed E-state index contributed by atoms with van der Waals surface area (Å²) in [7, 11) is 2.16. The summed E-state index contributed by atoms with van der Waals surface area (Å²) in [5.41, 5.74) is 0.0980. The molecular weight excluding hydrogens is 190 g/mol. The largest absolute Gasteiger partial charge is 0.396 e. The zero-order chi connectivity index (χ0) is 11.1. The van der Waals surface area contributed by atoms with Gasteiger partial charge in [-0.1, -0.05) is 13.3 Å². The van der Waals surface area contributed by atoms with E-state index in [2.05, 4.69) is 18.9 Å². The van der Waals surface area contributed by atoms with Crippen LogP contribution < -0.4 is 0 Å². The molecule has 0 aromatic carbocycles. The minimum atomic E-state index is 0.0980. The van der Waals surface area contributed by atoms with Crippen LogP contribution in [0.3, 0.4) is 0 Å². The topological polar surface area (TPSA) is 32.7 Å². The van der Waals surface area contributed by atoms with E-state index < -0.39 is 0 Å². The van der Waals surface area contributed by atoms with E-state index in [1.807, 2.05) is 0 Å². The van der Waals surface area contributed by atoms with Gasteiger partial charge in [-0.3, -0.25) is 0 Å². The second-order valence-corrected chi connectivity index (χ2v) is 4.86. The van der Waals surface area contributed by atoms with E-state index >= 15 is 0 Å². The number of hydrogen-bond acceptors (Lipinski definition) is 3. The summed E-state index contributed by atoms with van der Waals surface area (Å²) in [6, 6.07) is 0. The van der Waals surface area contributed by atoms with Gasteiger partial charge in [0.05, 0.1) is 6.61 Å². The third-order valence-corrected chi connectivity index (χ3v) is 3.39. The fourth-order valence-corrected chi connectivity index (χ4v) is 2.25. The minimum absolute atomic E-state index is 0.0980. The molecule has 0 aromatic rings. The van der Waals surface area contributed by atoms with Gasteiger partial charge in [-0.25, -0.2) is 0 Å². The van der Waals surface area contributed by atoms with Crippen molar-refractivity contribution in [1.82, 2.24) is 4.90 Å². The Hall–Kier alpha value is -0.120. The van der Waals surface area contributed by atoms with Crippen LogP contribution in [0.15, 0.2) is 0 Å². The van der Waals surface area contributed by atoms with Crippen LogP contribution in [0, 0.1) is 5.41 Å². The molecule has 90 valence electrons. The highest BCUT2D eigenvalue weighted by Crippen LogP contribution is 2.30. The summed E-state index contributed by atoms with van der Waals surface area (Å²) >= 11 is 0. The van der Waals surface area contributed by atoms with Gasteiger partial charge < -0.3 is 14.7 Å². The number of unbranched alkanes of at least 4 members (excludes halogenated alkanes) is 1. The molecule has 0 unspecified atom stereocenters. The Bertz CT molecular complexity index is 167. The number of hydrogen-bond donors (Lipinski definition) is 1. The predicted octanol–water partition coefficient (Wildman–Crippen LogP) is 1.51. The fraction of sp³-hybridized carbons (Fsp3) is 1.00. The third-order valence-electron chi connectivity index (χ3n) is 3.39. The number of ether oxygens (including phenoxy) is 1. The third kappa shape index (κ3) is 4.09. The van der Waals surface area contributed by atoms with Crippen LogP contribution in [-0.4, -0.2) is 50.0 Å². The Morgan fingerprint density at radius 1 is 1.33 bits per heavy atom. The molecule has 1 saturated heterocycles. The number of aliphatic hydroxyl groups is 1. The Morgan fingerprint density at radius 2 is 2.00 bits per heavy atom. The normalized spacial score (nSPS) is 20.8. The lowest BCUT2D eigenvalue weighted by Gasteiger charge is -2.38. The fourth-order valence-electron chi connectivity index (χ4n) is 2.25. The maximum atomic E-state index is 9.53. The highest BCUT2D eigenvalue weighted by molar-refractivity contribution is 4.83.